The van der Waals surface area contributed by atoms with Crippen molar-refractivity contribution in [3.63, 3.8) is 0 Å². The van der Waals surface area contributed by atoms with Crippen molar-refractivity contribution in [1.29, 1.82) is 0 Å². The van der Waals surface area contributed by atoms with Crippen molar-refractivity contribution in [3.05, 3.63) is 46.7 Å². The van der Waals surface area contributed by atoms with E-state index in [2.05, 4.69) is 20.6 Å². The third kappa shape index (κ3) is 4.46. The van der Waals surface area contributed by atoms with E-state index in [1.165, 1.54) is 12.3 Å². The molecule has 2 heterocycles. The number of anilines is 2. The Bertz CT molecular complexity index is 917. The molecule has 1 aromatic heterocycles. The highest BCUT2D eigenvalue weighted by atomic mass is 35.5. The average molecular weight is 381 g/mol. The van der Waals surface area contributed by atoms with Gasteiger partial charge in [-0.3, -0.25) is 4.79 Å². The van der Waals surface area contributed by atoms with Gasteiger partial charge < -0.3 is 10.6 Å². The summed E-state index contributed by atoms with van der Waals surface area (Å²) in [5.41, 5.74) is 1.66. The average Bonchev–Trinajstić information content (AvgIpc) is 2.90. The van der Waals surface area contributed by atoms with E-state index in [1.807, 2.05) is 13.0 Å². The minimum absolute atomic E-state index is 0.0502. The minimum atomic E-state index is -3.00. The predicted molar refractivity (Wildman–Crippen MR) is 96.9 cm³/mol. The quantitative estimate of drug-likeness (QED) is 0.843. The standard InChI is InChI=1S/C16H17ClN4O3S/c1-10-2-3-11(8-13(10)17)19-15(22)14-4-6-18-16(21-14)20-12-5-7-25(23,24)9-12/h2-4,6,8,12H,5,7,9H2,1H3,(H,19,22)(H,18,20,21). The summed E-state index contributed by atoms with van der Waals surface area (Å²) in [6.07, 6.45) is 1.96. The molecule has 3 rings (SSSR count). The SMILES string of the molecule is Cc1ccc(NC(=O)c2ccnc(NC3CCS(=O)(=O)C3)n2)cc1Cl. The van der Waals surface area contributed by atoms with Gasteiger partial charge in [-0.15, -0.1) is 0 Å². The summed E-state index contributed by atoms with van der Waals surface area (Å²) in [7, 11) is -3.00. The van der Waals surface area contributed by atoms with Crippen molar-refractivity contribution >= 4 is 39.0 Å². The zero-order valence-corrected chi connectivity index (χ0v) is 15.1. The number of nitrogens with zero attached hydrogens (tertiary/aromatic N) is 2. The maximum Gasteiger partial charge on any atom is 0.274 e. The van der Waals surface area contributed by atoms with Crippen LogP contribution in [0.2, 0.25) is 5.02 Å². The molecule has 0 spiro atoms. The highest BCUT2D eigenvalue weighted by Gasteiger charge is 2.28. The second kappa shape index (κ2) is 6.97. The van der Waals surface area contributed by atoms with E-state index in [0.29, 0.717) is 17.1 Å². The van der Waals surface area contributed by atoms with E-state index in [-0.39, 0.29) is 29.2 Å². The number of hydrogen-bond acceptors (Lipinski definition) is 6. The predicted octanol–water partition coefficient (Wildman–Crippen LogP) is 2.29. The van der Waals surface area contributed by atoms with Crippen molar-refractivity contribution in [2.24, 2.45) is 0 Å². The first-order valence-electron chi connectivity index (χ1n) is 7.70. The summed E-state index contributed by atoms with van der Waals surface area (Å²) in [5.74, 6) is 0.0364. The molecule has 1 aliphatic rings. The molecule has 0 radical (unpaired) electrons. The molecular formula is C16H17ClN4O3S. The number of amides is 1. The fraction of sp³-hybridized carbons (Fsp3) is 0.312. The zero-order valence-electron chi connectivity index (χ0n) is 13.5. The van der Waals surface area contributed by atoms with Gasteiger partial charge in [0.1, 0.15) is 5.69 Å². The summed E-state index contributed by atoms with van der Waals surface area (Å²) < 4.78 is 23.0. The lowest BCUT2D eigenvalue weighted by Crippen LogP contribution is -2.23. The van der Waals surface area contributed by atoms with Gasteiger partial charge >= 0.3 is 0 Å². The largest absolute Gasteiger partial charge is 0.350 e. The van der Waals surface area contributed by atoms with Crippen LogP contribution in [0.25, 0.3) is 0 Å². The third-order valence-electron chi connectivity index (χ3n) is 3.88. The van der Waals surface area contributed by atoms with E-state index in [4.69, 9.17) is 11.6 Å². The number of carbonyl (C=O) groups excluding carboxylic acids is 1. The highest BCUT2D eigenvalue weighted by Crippen LogP contribution is 2.20. The van der Waals surface area contributed by atoms with E-state index in [0.717, 1.165) is 5.56 Å². The second-order valence-electron chi connectivity index (χ2n) is 5.93. The van der Waals surface area contributed by atoms with Crippen LogP contribution in [0.15, 0.2) is 30.5 Å². The monoisotopic (exact) mass is 380 g/mol. The molecule has 132 valence electrons. The molecule has 0 saturated carbocycles. The first-order valence-corrected chi connectivity index (χ1v) is 9.90. The Kier molecular flexibility index (Phi) is 4.91. The number of nitrogens with one attached hydrogen (secondary N) is 2. The Morgan fingerprint density at radius 2 is 2.12 bits per heavy atom. The van der Waals surface area contributed by atoms with Gasteiger partial charge in [-0.2, -0.15) is 0 Å². The summed E-state index contributed by atoms with van der Waals surface area (Å²) in [5, 5.41) is 6.25. The molecule has 1 unspecified atom stereocenters. The Hall–Kier alpha value is -2.19. The van der Waals surface area contributed by atoms with E-state index < -0.39 is 15.7 Å². The van der Waals surface area contributed by atoms with Crippen molar-refractivity contribution in [3.8, 4) is 0 Å². The summed E-state index contributed by atoms with van der Waals surface area (Å²) in [4.78, 5) is 20.5. The van der Waals surface area contributed by atoms with Gasteiger partial charge in [-0.1, -0.05) is 17.7 Å². The Morgan fingerprint density at radius 3 is 2.80 bits per heavy atom. The molecule has 2 N–H and O–H groups in total. The molecule has 1 amide bonds. The van der Waals surface area contributed by atoms with Gasteiger partial charge in [-0.05, 0) is 37.1 Å². The van der Waals surface area contributed by atoms with Crippen LogP contribution in [0.5, 0.6) is 0 Å². The highest BCUT2D eigenvalue weighted by molar-refractivity contribution is 7.91. The van der Waals surface area contributed by atoms with E-state index in [1.54, 1.807) is 12.1 Å². The van der Waals surface area contributed by atoms with Crippen molar-refractivity contribution in [2.45, 2.75) is 19.4 Å². The number of carbonyl (C=O) groups is 1. The maximum atomic E-state index is 12.3. The third-order valence-corrected chi connectivity index (χ3v) is 6.06. The van der Waals surface area contributed by atoms with Crippen LogP contribution in [-0.4, -0.2) is 41.8 Å². The van der Waals surface area contributed by atoms with Gasteiger partial charge in [0.05, 0.1) is 11.5 Å². The van der Waals surface area contributed by atoms with Crippen LogP contribution in [0.1, 0.15) is 22.5 Å². The van der Waals surface area contributed by atoms with E-state index >= 15 is 0 Å². The lowest BCUT2D eigenvalue weighted by atomic mass is 10.2. The molecule has 0 bridgehead atoms. The Morgan fingerprint density at radius 1 is 1.32 bits per heavy atom. The van der Waals surface area contributed by atoms with Crippen LogP contribution in [-0.2, 0) is 9.84 Å². The van der Waals surface area contributed by atoms with Crippen LogP contribution in [0, 0.1) is 6.92 Å². The van der Waals surface area contributed by atoms with E-state index in [9.17, 15) is 13.2 Å². The van der Waals surface area contributed by atoms with Crippen molar-refractivity contribution in [1.82, 2.24) is 9.97 Å². The zero-order chi connectivity index (χ0) is 18.0. The number of benzene rings is 1. The fourth-order valence-electron chi connectivity index (χ4n) is 2.51. The Balaban J connectivity index is 1.70. The molecule has 0 aliphatic carbocycles. The molecule has 1 aromatic carbocycles. The maximum absolute atomic E-state index is 12.3. The fourth-order valence-corrected chi connectivity index (χ4v) is 4.37. The molecule has 25 heavy (non-hydrogen) atoms. The molecule has 9 heteroatoms. The van der Waals surface area contributed by atoms with Crippen LogP contribution in [0.4, 0.5) is 11.6 Å². The van der Waals surface area contributed by atoms with Gasteiger partial charge in [-0.25, -0.2) is 18.4 Å². The topological polar surface area (TPSA) is 101 Å². The molecule has 1 fully saturated rings. The molecular weight excluding hydrogens is 364 g/mol. The molecule has 1 atom stereocenters. The van der Waals surface area contributed by atoms with Crippen LogP contribution >= 0.6 is 11.6 Å². The normalized spacial score (nSPS) is 18.7. The molecule has 1 saturated heterocycles. The molecule has 2 aromatic rings. The summed E-state index contributed by atoms with van der Waals surface area (Å²) >= 11 is 6.05. The number of aryl methyl sites for hydroxylation is 1. The lowest BCUT2D eigenvalue weighted by Gasteiger charge is -2.11. The number of aromatic nitrogens is 2. The lowest BCUT2D eigenvalue weighted by molar-refractivity contribution is 0.102. The Labute approximate surface area is 150 Å². The number of rotatable bonds is 4. The van der Waals surface area contributed by atoms with Gasteiger partial charge in [0.2, 0.25) is 5.95 Å². The van der Waals surface area contributed by atoms with Crippen LogP contribution in [0.3, 0.4) is 0 Å². The van der Waals surface area contributed by atoms with Gasteiger partial charge in [0.25, 0.3) is 5.91 Å². The molecule has 7 nitrogen and oxygen atoms in total. The number of halogens is 1. The number of sulfone groups is 1. The number of hydrogen-bond donors (Lipinski definition) is 2. The van der Waals surface area contributed by atoms with Crippen molar-refractivity contribution < 1.29 is 13.2 Å². The van der Waals surface area contributed by atoms with Gasteiger partial charge in [0.15, 0.2) is 9.84 Å². The van der Waals surface area contributed by atoms with Crippen molar-refractivity contribution in [2.75, 3.05) is 22.1 Å². The minimum Gasteiger partial charge on any atom is -0.350 e. The van der Waals surface area contributed by atoms with Crippen LogP contribution < -0.4 is 10.6 Å². The first kappa shape index (κ1) is 17.6. The smallest absolute Gasteiger partial charge is 0.274 e. The second-order valence-corrected chi connectivity index (χ2v) is 8.56. The summed E-state index contributed by atoms with van der Waals surface area (Å²) in [6, 6.07) is 6.48. The summed E-state index contributed by atoms with van der Waals surface area (Å²) in [6.45, 7) is 1.87. The van der Waals surface area contributed by atoms with Gasteiger partial charge in [0, 0.05) is 22.9 Å². The first-order chi connectivity index (χ1) is 11.8. The molecule has 1 aliphatic heterocycles.